The smallest absolute Gasteiger partial charge is 0.240 e. The van der Waals surface area contributed by atoms with E-state index in [1.165, 1.54) is 55.4 Å². The van der Waals surface area contributed by atoms with E-state index < -0.39 is 0 Å². The van der Waals surface area contributed by atoms with E-state index in [0.29, 0.717) is 17.6 Å². The standard InChI is InChI=1S/C26H34N4O2S/c1-18-24(28-26(33-18)27-23(31)17-29-13-6-3-7-14-29)21-10-11-22-20(16-21)12-15-30(22)25(32)19-8-4-2-5-9-19/h10-11,16,19H,2-9,12-15,17H2,1H3,(H,27,28,31). The van der Waals surface area contributed by atoms with Gasteiger partial charge in [-0.25, -0.2) is 4.98 Å². The first-order valence-electron chi connectivity index (χ1n) is 12.5. The van der Waals surface area contributed by atoms with Crippen LogP contribution in [-0.4, -0.2) is 47.9 Å². The molecule has 2 aliphatic heterocycles. The van der Waals surface area contributed by atoms with Gasteiger partial charge in [-0.05, 0) is 69.8 Å². The van der Waals surface area contributed by atoms with Crippen molar-refractivity contribution in [1.29, 1.82) is 0 Å². The average molecular weight is 467 g/mol. The highest BCUT2D eigenvalue weighted by Gasteiger charge is 2.31. The van der Waals surface area contributed by atoms with Gasteiger partial charge in [-0.15, -0.1) is 11.3 Å². The van der Waals surface area contributed by atoms with Crippen molar-refractivity contribution in [2.24, 2.45) is 5.92 Å². The molecule has 3 aliphatic rings. The second-order valence-corrected chi connectivity index (χ2v) is 10.9. The fourth-order valence-corrected chi connectivity index (χ4v) is 6.40. The van der Waals surface area contributed by atoms with E-state index in [1.54, 1.807) is 0 Å². The van der Waals surface area contributed by atoms with Crippen LogP contribution in [0, 0.1) is 12.8 Å². The number of fused-ring (bicyclic) bond motifs is 1. The summed E-state index contributed by atoms with van der Waals surface area (Å²) in [5, 5.41) is 3.67. The second kappa shape index (κ2) is 9.94. The van der Waals surface area contributed by atoms with Crippen molar-refractivity contribution >= 4 is 34.0 Å². The number of hydrogen-bond donors (Lipinski definition) is 1. The third kappa shape index (κ3) is 4.99. The first-order chi connectivity index (χ1) is 16.1. The zero-order valence-electron chi connectivity index (χ0n) is 19.6. The van der Waals surface area contributed by atoms with E-state index in [1.807, 2.05) is 4.90 Å². The molecule has 0 radical (unpaired) electrons. The van der Waals surface area contributed by atoms with Gasteiger partial charge >= 0.3 is 0 Å². The minimum Gasteiger partial charge on any atom is -0.312 e. The molecule has 1 saturated carbocycles. The lowest BCUT2D eigenvalue weighted by Crippen LogP contribution is -2.36. The Hall–Kier alpha value is -2.25. The Labute approximate surface area is 200 Å². The molecule has 6 nitrogen and oxygen atoms in total. The summed E-state index contributed by atoms with van der Waals surface area (Å²) in [6.07, 6.45) is 10.2. The Morgan fingerprint density at radius 3 is 2.61 bits per heavy atom. The number of nitrogens with one attached hydrogen (secondary N) is 1. The molecule has 1 aromatic heterocycles. The number of nitrogens with zero attached hydrogens (tertiary/aromatic N) is 3. The number of piperidine rings is 1. The van der Waals surface area contributed by atoms with Crippen LogP contribution in [0.1, 0.15) is 61.8 Å². The van der Waals surface area contributed by atoms with E-state index in [9.17, 15) is 9.59 Å². The number of carbonyl (C=O) groups is 2. The molecule has 2 fully saturated rings. The molecule has 2 aromatic rings. The first kappa shape index (κ1) is 22.5. The van der Waals surface area contributed by atoms with Crippen molar-refractivity contribution < 1.29 is 9.59 Å². The van der Waals surface area contributed by atoms with E-state index in [-0.39, 0.29) is 11.8 Å². The number of hydrogen-bond acceptors (Lipinski definition) is 5. The minimum absolute atomic E-state index is 0.0167. The maximum Gasteiger partial charge on any atom is 0.240 e. The molecule has 7 heteroatoms. The van der Waals surface area contributed by atoms with E-state index in [4.69, 9.17) is 4.98 Å². The number of thiazole rings is 1. The first-order valence-corrected chi connectivity index (χ1v) is 13.3. The van der Waals surface area contributed by atoms with Gasteiger partial charge in [0, 0.05) is 28.6 Å². The van der Waals surface area contributed by atoms with Crippen molar-refractivity contribution in [3.05, 3.63) is 28.6 Å². The number of aryl methyl sites for hydroxylation is 1. The molecule has 176 valence electrons. The number of anilines is 2. The quantitative estimate of drug-likeness (QED) is 0.673. The molecule has 0 spiro atoms. The zero-order chi connectivity index (χ0) is 22.8. The molecular weight excluding hydrogens is 432 g/mol. The van der Waals surface area contributed by atoms with Crippen LogP contribution in [0.5, 0.6) is 0 Å². The fraction of sp³-hybridized carbons (Fsp3) is 0.577. The van der Waals surface area contributed by atoms with Crippen LogP contribution in [0.4, 0.5) is 10.8 Å². The van der Waals surface area contributed by atoms with Gasteiger partial charge in [0.25, 0.3) is 0 Å². The van der Waals surface area contributed by atoms with Crippen molar-refractivity contribution in [2.45, 2.75) is 64.7 Å². The van der Waals surface area contributed by atoms with Gasteiger partial charge in [0.1, 0.15) is 0 Å². The van der Waals surface area contributed by atoms with Gasteiger partial charge in [0.05, 0.1) is 12.2 Å². The van der Waals surface area contributed by atoms with Crippen LogP contribution >= 0.6 is 11.3 Å². The van der Waals surface area contributed by atoms with E-state index >= 15 is 0 Å². The second-order valence-electron chi connectivity index (χ2n) is 9.73. The summed E-state index contributed by atoms with van der Waals surface area (Å²) in [4.78, 5) is 35.7. The van der Waals surface area contributed by atoms with Crippen molar-refractivity contribution in [1.82, 2.24) is 9.88 Å². The summed E-state index contributed by atoms with van der Waals surface area (Å²) in [7, 11) is 0. The topological polar surface area (TPSA) is 65.5 Å². The Morgan fingerprint density at radius 1 is 1.06 bits per heavy atom. The molecule has 0 unspecified atom stereocenters. The molecule has 1 aromatic carbocycles. The highest BCUT2D eigenvalue weighted by atomic mass is 32.1. The number of amides is 2. The highest BCUT2D eigenvalue weighted by molar-refractivity contribution is 7.16. The van der Waals surface area contributed by atoms with Crippen LogP contribution in [0.15, 0.2) is 18.2 Å². The number of aromatic nitrogens is 1. The Morgan fingerprint density at radius 2 is 1.82 bits per heavy atom. The maximum absolute atomic E-state index is 13.1. The Kier molecular flexibility index (Phi) is 6.79. The number of benzene rings is 1. The van der Waals surface area contributed by atoms with Crippen LogP contribution in [0.3, 0.4) is 0 Å². The number of rotatable bonds is 5. The SMILES string of the molecule is Cc1sc(NC(=O)CN2CCCCC2)nc1-c1ccc2c(c1)CCN2C(=O)C1CCCCC1. The largest absolute Gasteiger partial charge is 0.312 e. The van der Waals surface area contributed by atoms with Crippen LogP contribution < -0.4 is 10.2 Å². The molecule has 0 bridgehead atoms. The van der Waals surface area contributed by atoms with Crippen LogP contribution in [-0.2, 0) is 16.0 Å². The summed E-state index contributed by atoms with van der Waals surface area (Å²) in [5.41, 5.74) is 4.27. The van der Waals surface area contributed by atoms with E-state index in [2.05, 4.69) is 35.3 Å². The third-order valence-corrected chi connectivity index (χ3v) is 8.21. The third-order valence-electron chi connectivity index (χ3n) is 7.33. The van der Waals surface area contributed by atoms with Crippen LogP contribution in [0.2, 0.25) is 0 Å². The summed E-state index contributed by atoms with van der Waals surface area (Å²) >= 11 is 1.53. The monoisotopic (exact) mass is 466 g/mol. The fourth-order valence-electron chi connectivity index (χ4n) is 5.55. The minimum atomic E-state index is 0.0167. The van der Waals surface area contributed by atoms with Gasteiger partial charge < -0.3 is 10.2 Å². The lowest BCUT2D eigenvalue weighted by Gasteiger charge is -2.26. The van der Waals surface area contributed by atoms with Gasteiger partial charge in [-0.1, -0.05) is 31.7 Å². The predicted molar refractivity (Wildman–Crippen MR) is 134 cm³/mol. The number of carbonyl (C=O) groups excluding carboxylic acids is 2. The van der Waals surface area contributed by atoms with Gasteiger partial charge in [0.15, 0.2) is 5.13 Å². The predicted octanol–water partition coefficient (Wildman–Crippen LogP) is 5.01. The molecule has 5 rings (SSSR count). The summed E-state index contributed by atoms with van der Waals surface area (Å²) in [6, 6.07) is 6.35. The molecule has 0 atom stereocenters. The maximum atomic E-state index is 13.1. The molecule has 2 amide bonds. The molecule has 1 aliphatic carbocycles. The van der Waals surface area contributed by atoms with Gasteiger partial charge in [-0.2, -0.15) is 0 Å². The normalized spacial score (nSPS) is 19.5. The lowest BCUT2D eigenvalue weighted by molar-refractivity contribution is -0.123. The summed E-state index contributed by atoms with van der Waals surface area (Å²) in [5.74, 6) is 0.522. The average Bonchev–Trinajstić information content (AvgIpc) is 3.42. The molecule has 1 N–H and O–H groups in total. The summed E-state index contributed by atoms with van der Waals surface area (Å²) < 4.78 is 0. The van der Waals surface area contributed by atoms with Crippen molar-refractivity contribution in [3.8, 4) is 11.3 Å². The van der Waals surface area contributed by atoms with E-state index in [0.717, 1.165) is 60.7 Å². The van der Waals surface area contributed by atoms with Gasteiger partial charge in [0.2, 0.25) is 11.8 Å². The molecule has 1 saturated heterocycles. The highest BCUT2D eigenvalue weighted by Crippen LogP contribution is 2.37. The lowest BCUT2D eigenvalue weighted by atomic mass is 9.88. The van der Waals surface area contributed by atoms with Crippen molar-refractivity contribution in [3.63, 3.8) is 0 Å². The molecule has 33 heavy (non-hydrogen) atoms. The van der Waals surface area contributed by atoms with Crippen molar-refractivity contribution in [2.75, 3.05) is 36.4 Å². The van der Waals surface area contributed by atoms with Crippen LogP contribution in [0.25, 0.3) is 11.3 Å². The molecule has 3 heterocycles. The Bertz CT molecular complexity index is 1020. The van der Waals surface area contributed by atoms with Gasteiger partial charge in [-0.3, -0.25) is 14.5 Å². The number of likely N-dealkylation sites (tertiary alicyclic amines) is 1. The Balaban J connectivity index is 1.27. The molecular formula is C26H34N4O2S. The summed E-state index contributed by atoms with van der Waals surface area (Å²) in [6.45, 7) is 5.29. The zero-order valence-corrected chi connectivity index (χ0v) is 20.4.